The van der Waals surface area contributed by atoms with Crippen molar-refractivity contribution in [2.75, 3.05) is 26.7 Å². The van der Waals surface area contributed by atoms with Gasteiger partial charge in [-0.2, -0.15) is 0 Å². The molecule has 2 heteroatoms. The molecule has 112 valence electrons. The predicted molar refractivity (Wildman–Crippen MR) is 90.6 cm³/mol. The predicted octanol–water partition coefficient (Wildman–Crippen LogP) is 3.83. The van der Waals surface area contributed by atoms with Crippen molar-refractivity contribution in [2.45, 2.75) is 25.8 Å². The molecule has 1 saturated heterocycles. The van der Waals surface area contributed by atoms with Crippen LogP contribution >= 0.6 is 0 Å². The molecule has 0 bridgehead atoms. The van der Waals surface area contributed by atoms with Gasteiger partial charge in [0.2, 0.25) is 0 Å². The summed E-state index contributed by atoms with van der Waals surface area (Å²) in [6, 6.07) is 16.0. The van der Waals surface area contributed by atoms with Gasteiger partial charge in [0.25, 0.3) is 0 Å². The summed E-state index contributed by atoms with van der Waals surface area (Å²) >= 11 is 0. The van der Waals surface area contributed by atoms with Gasteiger partial charge in [0.1, 0.15) is 0 Å². The van der Waals surface area contributed by atoms with Crippen LogP contribution in [0.3, 0.4) is 0 Å². The largest absolute Gasteiger partial charge is 0.317 e. The Morgan fingerprint density at radius 3 is 2.57 bits per heavy atom. The number of nitrogens with one attached hydrogen (secondary N) is 1. The molecule has 2 aromatic carbocycles. The van der Waals surface area contributed by atoms with Crippen molar-refractivity contribution >= 4 is 10.8 Å². The molecule has 0 radical (unpaired) electrons. The first-order valence-corrected chi connectivity index (χ1v) is 8.13. The van der Waals surface area contributed by atoms with Gasteiger partial charge in [-0.3, -0.25) is 4.90 Å². The van der Waals surface area contributed by atoms with Crippen molar-refractivity contribution in [3.8, 4) is 0 Å². The average molecular weight is 282 g/mol. The minimum absolute atomic E-state index is 0.476. The third-order valence-electron chi connectivity index (χ3n) is 4.92. The summed E-state index contributed by atoms with van der Waals surface area (Å²) in [5.41, 5.74) is 1.42. The van der Waals surface area contributed by atoms with Gasteiger partial charge in [-0.1, -0.05) is 36.4 Å². The Balaban J connectivity index is 1.71. The van der Waals surface area contributed by atoms with Gasteiger partial charge < -0.3 is 5.32 Å². The fourth-order valence-corrected chi connectivity index (χ4v) is 3.35. The summed E-state index contributed by atoms with van der Waals surface area (Å²) in [4.78, 5) is 2.51. The summed E-state index contributed by atoms with van der Waals surface area (Å²) in [5, 5.41) is 6.12. The maximum atomic E-state index is 3.45. The summed E-state index contributed by atoms with van der Waals surface area (Å²) in [5.74, 6) is 0.846. The number of nitrogens with zero attached hydrogens (tertiary/aromatic N) is 1. The van der Waals surface area contributed by atoms with E-state index >= 15 is 0 Å². The summed E-state index contributed by atoms with van der Waals surface area (Å²) in [7, 11) is 2.27. The molecular formula is C19H26N2. The molecule has 0 saturated carbocycles. The molecule has 21 heavy (non-hydrogen) atoms. The molecule has 2 nitrogen and oxygen atoms in total. The molecule has 1 atom stereocenters. The van der Waals surface area contributed by atoms with Gasteiger partial charge in [0, 0.05) is 12.6 Å². The van der Waals surface area contributed by atoms with Crippen LogP contribution in [-0.4, -0.2) is 31.6 Å². The molecule has 1 heterocycles. The van der Waals surface area contributed by atoms with Crippen LogP contribution in [0.4, 0.5) is 0 Å². The van der Waals surface area contributed by atoms with Gasteiger partial charge in [-0.25, -0.2) is 0 Å². The summed E-state index contributed by atoms with van der Waals surface area (Å²) in [6.07, 6.45) is 2.63. The van der Waals surface area contributed by atoms with Gasteiger partial charge in [-0.15, -0.1) is 0 Å². The standard InChI is InChI=1S/C19H26N2/c1-15(21(2)14-16-9-11-20-12-10-16)18-8-7-17-5-3-4-6-19(17)13-18/h3-8,13,15-16,20H,9-12,14H2,1-2H3. The van der Waals surface area contributed by atoms with Crippen LogP contribution in [0.25, 0.3) is 10.8 Å². The maximum Gasteiger partial charge on any atom is 0.0317 e. The third kappa shape index (κ3) is 3.45. The van der Waals surface area contributed by atoms with E-state index in [1.807, 2.05) is 0 Å². The number of hydrogen-bond donors (Lipinski definition) is 1. The number of piperidine rings is 1. The molecule has 0 spiro atoms. The summed E-state index contributed by atoms with van der Waals surface area (Å²) < 4.78 is 0. The van der Waals surface area contributed by atoms with Crippen LogP contribution in [-0.2, 0) is 0 Å². The van der Waals surface area contributed by atoms with Crippen molar-refractivity contribution in [1.29, 1.82) is 0 Å². The number of rotatable bonds is 4. The first kappa shape index (κ1) is 14.6. The van der Waals surface area contributed by atoms with Crippen molar-refractivity contribution in [3.05, 3.63) is 48.0 Å². The lowest BCUT2D eigenvalue weighted by atomic mass is 9.96. The average Bonchev–Trinajstić information content (AvgIpc) is 2.54. The second-order valence-electron chi connectivity index (χ2n) is 6.42. The van der Waals surface area contributed by atoms with Crippen molar-refractivity contribution < 1.29 is 0 Å². The van der Waals surface area contributed by atoms with Gasteiger partial charge >= 0.3 is 0 Å². The fourth-order valence-electron chi connectivity index (χ4n) is 3.35. The van der Waals surface area contributed by atoms with E-state index in [1.54, 1.807) is 0 Å². The van der Waals surface area contributed by atoms with E-state index in [4.69, 9.17) is 0 Å². The lowest BCUT2D eigenvalue weighted by molar-refractivity contribution is 0.197. The highest BCUT2D eigenvalue weighted by Crippen LogP contribution is 2.25. The van der Waals surface area contributed by atoms with E-state index in [9.17, 15) is 0 Å². The Kier molecular flexibility index (Phi) is 4.57. The Morgan fingerprint density at radius 2 is 1.81 bits per heavy atom. The molecule has 1 fully saturated rings. The lowest BCUT2D eigenvalue weighted by Crippen LogP contribution is -2.35. The van der Waals surface area contributed by atoms with Crippen LogP contribution in [0.2, 0.25) is 0 Å². The Hall–Kier alpha value is -1.38. The topological polar surface area (TPSA) is 15.3 Å². The smallest absolute Gasteiger partial charge is 0.0317 e. The molecular weight excluding hydrogens is 256 g/mol. The highest BCUT2D eigenvalue weighted by molar-refractivity contribution is 5.83. The molecule has 1 aliphatic heterocycles. The highest BCUT2D eigenvalue weighted by Gasteiger charge is 2.19. The number of fused-ring (bicyclic) bond motifs is 1. The van der Waals surface area contributed by atoms with E-state index in [0.29, 0.717) is 6.04 Å². The zero-order valence-corrected chi connectivity index (χ0v) is 13.2. The van der Waals surface area contributed by atoms with Crippen LogP contribution < -0.4 is 5.32 Å². The van der Waals surface area contributed by atoms with E-state index < -0.39 is 0 Å². The minimum atomic E-state index is 0.476. The maximum absolute atomic E-state index is 3.45. The van der Waals surface area contributed by atoms with Gasteiger partial charge in [0.15, 0.2) is 0 Å². The number of hydrogen-bond acceptors (Lipinski definition) is 2. The van der Waals surface area contributed by atoms with E-state index in [0.717, 1.165) is 5.92 Å². The third-order valence-corrected chi connectivity index (χ3v) is 4.92. The highest BCUT2D eigenvalue weighted by atomic mass is 15.1. The zero-order valence-electron chi connectivity index (χ0n) is 13.2. The van der Waals surface area contributed by atoms with Crippen LogP contribution in [0.15, 0.2) is 42.5 Å². The van der Waals surface area contributed by atoms with Gasteiger partial charge in [-0.05, 0) is 68.2 Å². The molecule has 1 unspecified atom stereocenters. The quantitative estimate of drug-likeness (QED) is 0.917. The zero-order chi connectivity index (χ0) is 14.7. The van der Waals surface area contributed by atoms with E-state index in [1.165, 1.54) is 48.8 Å². The van der Waals surface area contributed by atoms with E-state index in [2.05, 4.69) is 66.7 Å². The number of benzene rings is 2. The van der Waals surface area contributed by atoms with Crippen molar-refractivity contribution in [1.82, 2.24) is 10.2 Å². The Morgan fingerprint density at radius 1 is 1.10 bits per heavy atom. The van der Waals surface area contributed by atoms with Crippen molar-refractivity contribution in [3.63, 3.8) is 0 Å². The first-order chi connectivity index (χ1) is 10.2. The van der Waals surface area contributed by atoms with Crippen LogP contribution in [0, 0.1) is 5.92 Å². The SMILES string of the molecule is CC(c1ccc2ccccc2c1)N(C)CC1CCNCC1. The molecule has 0 aromatic heterocycles. The molecule has 2 aromatic rings. The second-order valence-corrected chi connectivity index (χ2v) is 6.42. The summed E-state index contributed by atoms with van der Waals surface area (Å²) in [6.45, 7) is 5.90. The first-order valence-electron chi connectivity index (χ1n) is 8.13. The fraction of sp³-hybridized carbons (Fsp3) is 0.474. The molecule has 1 aliphatic rings. The van der Waals surface area contributed by atoms with Crippen LogP contribution in [0.1, 0.15) is 31.4 Å². The van der Waals surface area contributed by atoms with Gasteiger partial charge in [0.05, 0.1) is 0 Å². The van der Waals surface area contributed by atoms with Crippen LogP contribution in [0.5, 0.6) is 0 Å². The van der Waals surface area contributed by atoms with E-state index in [-0.39, 0.29) is 0 Å². The minimum Gasteiger partial charge on any atom is -0.317 e. The normalized spacial score (nSPS) is 18.2. The molecule has 3 rings (SSSR count). The van der Waals surface area contributed by atoms with Crippen molar-refractivity contribution in [2.24, 2.45) is 5.92 Å². The second kappa shape index (κ2) is 6.59. The monoisotopic (exact) mass is 282 g/mol. The lowest BCUT2D eigenvalue weighted by Gasteiger charge is -2.31. The molecule has 0 aliphatic carbocycles. The Labute approximate surface area is 128 Å². The Bertz CT molecular complexity index is 587. The molecule has 1 N–H and O–H groups in total. The molecule has 0 amide bonds.